The minimum Gasteiger partial charge on any atom is -0.483 e. The van der Waals surface area contributed by atoms with E-state index in [0.717, 1.165) is 0 Å². The Labute approximate surface area is 171 Å². The van der Waals surface area contributed by atoms with Crippen molar-refractivity contribution in [3.05, 3.63) is 53.3 Å². The van der Waals surface area contributed by atoms with Gasteiger partial charge in [-0.25, -0.2) is 9.37 Å². The third kappa shape index (κ3) is 3.37. The molecule has 9 nitrogen and oxygen atoms in total. The molecule has 1 aliphatic rings. The SMILES string of the molecule is [C-]#[N+]c1c2c(nn1C)NC(=O)COc1ccc(F)cc1[C@@H](C)Oc1cc-2cnc1N. The van der Waals surface area contributed by atoms with Crippen LogP contribution in [0.3, 0.4) is 0 Å². The van der Waals surface area contributed by atoms with Gasteiger partial charge in [0.2, 0.25) is 0 Å². The predicted molar refractivity (Wildman–Crippen MR) is 107 cm³/mol. The van der Waals surface area contributed by atoms with E-state index >= 15 is 0 Å². The largest absolute Gasteiger partial charge is 0.483 e. The number of hydrogen-bond acceptors (Lipinski definition) is 6. The van der Waals surface area contributed by atoms with Crippen LogP contribution in [-0.2, 0) is 11.8 Å². The van der Waals surface area contributed by atoms with Crippen LogP contribution in [0, 0.1) is 12.4 Å². The molecule has 0 saturated heterocycles. The highest BCUT2D eigenvalue weighted by atomic mass is 19.1. The van der Waals surface area contributed by atoms with Crippen LogP contribution in [0.5, 0.6) is 11.5 Å². The number of pyridine rings is 1. The lowest BCUT2D eigenvalue weighted by molar-refractivity contribution is -0.118. The third-order valence-corrected chi connectivity index (χ3v) is 4.62. The number of benzene rings is 1. The van der Waals surface area contributed by atoms with Gasteiger partial charge in [0.25, 0.3) is 11.7 Å². The molecule has 0 spiro atoms. The number of amides is 1. The van der Waals surface area contributed by atoms with Gasteiger partial charge in [-0.2, -0.15) is 4.68 Å². The van der Waals surface area contributed by atoms with Crippen molar-refractivity contribution in [1.29, 1.82) is 0 Å². The van der Waals surface area contributed by atoms with Crippen LogP contribution in [0.2, 0.25) is 0 Å². The van der Waals surface area contributed by atoms with Crippen molar-refractivity contribution in [1.82, 2.24) is 14.8 Å². The van der Waals surface area contributed by atoms with E-state index in [-0.39, 0.29) is 29.8 Å². The molecule has 0 unspecified atom stereocenters. The highest BCUT2D eigenvalue weighted by Gasteiger charge is 2.24. The molecule has 1 aromatic carbocycles. The Hall–Kier alpha value is -4.13. The summed E-state index contributed by atoms with van der Waals surface area (Å²) >= 11 is 0. The molecule has 1 atom stereocenters. The molecular weight excluding hydrogens is 391 g/mol. The lowest BCUT2D eigenvalue weighted by Crippen LogP contribution is -2.21. The highest BCUT2D eigenvalue weighted by Crippen LogP contribution is 2.40. The second-order valence-electron chi connectivity index (χ2n) is 6.67. The molecule has 3 N–H and O–H groups in total. The zero-order valence-corrected chi connectivity index (χ0v) is 16.1. The molecule has 10 heteroatoms. The average Bonchev–Trinajstić information content (AvgIpc) is 3.02. The van der Waals surface area contributed by atoms with Crippen molar-refractivity contribution in [3.63, 3.8) is 0 Å². The molecule has 2 bridgehead atoms. The number of nitrogens with zero attached hydrogens (tertiary/aromatic N) is 4. The van der Waals surface area contributed by atoms with Gasteiger partial charge in [-0.1, -0.05) is 11.7 Å². The minimum atomic E-state index is -0.660. The van der Waals surface area contributed by atoms with Gasteiger partial charge in [-0.3, -0.25) is 4.79 Å². The fraction of sp³-hybridized carbons (Fsp3) is 0.200. The quantitative estimate of drug-likeness (QED) is 0.553. The van der Waals surface area contributed by atoms with E-state index in [1.165, 1.54) is 29.1 Å². The van der Waals surface area contributed by atoms with Crippen molar-refractivity contribution in [2.75, 3.05) is 17.7 Å². The maximum atomic E-state index is 13.9. The number of aromatic nitrogens is 3. The van der Waals surface area contributed by atoms with E-state index in [1.54, 1.807) is 20.0 Å². The van der Waals surface area contributed by atoms with Crippen molar-refractivity contribution < 1.29 is 18.7 Å². The Morgan fingerprint density at radius 1 is 1.37 bits per heavy atom. The maximum Gasteiger partial charge on any atom is 0.263 e. The molecule has 0 fully saturated rings. The van der Waals surface area contributed by atoms with Gasteiger partial charge in [0, 0.05) is 11.8 Å². The minimum absolute atomic E-state index is 0.123. The summed E-state index contributed by atoms with van der Waals surface area (Å²) in [4.78, 5) is 20.2. The summed E-state index contributed by atoms with van der Waals surface area (Å²) in [5.74, 6) is 0.0878. The summed E-state index contributed by atoms with van der Waals surface area (Å²) in [6.07, 6.45) is 0.811. The number of nitrogens with one attached hydrogen (secondary N) is 1. The number of halogens is 1. The summed E-state index contributed by atoms with van der Waals surface area (Å²) in [7, 11) is 1.60. The first-order chi connectivity index (χ1) is 14.4. The molecule has 0 saturated carbocycles. The van der Waals surface area contributed by atoms with Crippen LogP contribution in [0.1, 0.15) is 18.6 Å². The van der Waals surface area contributed by atoms with Gasteiger partial charge < -0.3 is 25.4 Å². The van der Waals surface area contributed by atoms with Gasteiger partial charge in [0.05, 0.1) is 12.6 Å². The summed E-state index contributed by atoms with van der Waals surface area (Å²) in [6.45, 7) is 8.85. The lowest BCUT2D eigenvalue weighted by Gasteiger charge is -2.19. The molecule has 0 radical (unpaired) electrons. The van der Waals surface area contributed by atoms with Crippen LogP contribution in [-0.4, -0.2) is 27.3 Å². The van der Waals surface area contributed by atoms with E-state index in [2.05, 4.69) is 20.2 Å². The number of nitrogens with two attached hydrogens (primary N) is 1. The van der Waals surface area contributed by atoms with Crippen molar-refractivity contribution >= 4 is 23.4 Å². The number of rotatable bonds is 0. The number of anilines is 2. The number of carbonyl (C=O) groups excluding carboxylic acids is 1. The summed E-state index contributed by atoms with van der Waals surface area (Å²) in [5.41, 5.74) is 7.26. The Kier molecular flexibility index (Phi) is 4.71. The van der Waals surface area contributed by atoms with Gasteiger partial charge in [0.1, 0.15) is 17.7 Å². The first-order valence-electron chi connectivity index (χ1n) is 8.96. The monoisotopic (exact) mass is 408 g/mol. The maximum absolute atomic E-state index is 13.9. The van der Waals surface area contributed by atoms with E-state index in [9.17, 15) is 9.18 Å². The molecule has 1 amide bonds. The van der Waals surface area contributed by atoms with Gasteiger partial charge in [-0.05, 0) is 36.8 Å². The number of aryl methyl sites for hydroxylation is 1. The zero-order valence-electron chi connectivity index (χ0n) is 16.1. The first kappa shape index (κ1) is 19.2. The van der Waals surface area contributed by atoms with E-state index < -0.39 is 17.8 Å². The molecule has 3 aromatic rings. The number of carbonyl (C=O) groups is 1. The lowest BCUT2D eigenvalue weighted by atomic mass is 10.1. The van der Waals surface area contributed by atoms with Crippen LogP contribution < -0.4 is 20.5 Å². The van der Waals surface area contributed by atoms with Crippen LogP contribution in [0.25, 0.3) is 16.0 Å². The predicted octanol–water partition coefficient (Wildman–Crippen LogP) is 3.23. The Morgan fingerprint density at radius 2 is 2.17 bits per heavy atom. The van der Waals surface area contributed by atoms with Gasteiger partial charge in [0.15, 0.2) is 24.0 Å². The molecule has 1 aliphatic heterocycles. The van der Waals surface area contributed by atoms with Crippen molar-refractivity contribution in [3.8, 4) is 22.6 Å². The topological polar surface area (TPSA) is 109 Å². The van der Waals surface area contributed by atoms with Crippen LogP contribution >= 0.6 is 0 Å². The van der Waals surface area contributed by atoms with E-state index in [0.29, 0.717) is 22.4 Å². The van der Waals surface area contributed by atoms with Gasteiger partial charge in [-0.15, -0.1) is 0 Å². The second-order valence-corrected chi connectivity index (χ2v) is 6.67. The van der Waals surface area contributed by atoms with Crippen molar-refractivity contribution in [2.24, 2.45) is 7.05 Å². The molecule has 2 aromatic heterocycles. The summed E-state index contributed by atoms with van der Waals surface area (Å²) < 4.78 is 26.8. The van der Waals surface area contributed by atoms with Gasteiger partial charge >= 0.3 is 0 Å². The zero-order chi connectivity index (χ0) is 21.4. The second kappa shape index (κ2) is 7.36. The van der Waals surface area contributed by atoms with Crippen molar-refractivity contribution in [2.45, 2.75) is 13.0 Å². The number of fused-ring (bicyclic) bond motifs is 5. The Bertz CT molecular complexity index is 1200. The molecule has 0 aliphatic carbocycles. The first-order valence-corrected chi connectivity index (χ1v) is 8.96. The fourth-order valence-electron chi connectivity index (χ4n) is 3.22. The van der Waals surface area contributed by atoms with E-state index in [4.69, 9.17) is 21.8 Å². The summed E-state index contributed by atoms with van der Waals surface area (Å²) in [5, 5.41) is 6.89. The third-order valence-electron chi connectivity index (χ3n) is 4.62. The van der Waals surface area contributed by atoms with E-state index in [1.807, 2.05) is 0 Å². The van der Waals surface area contributed by atoms with Crippen LogP contribution in [0.15, 0.2) is 30.5 Å². The van der Waals surface area contributed by atoms with Crippen LogP contribution in [0.4, 0.5) is 21.8 Å². The average molecular weight is 408 g/mol. The standard InChI is InChI=1S/C20H17FN6O3/c1-10-13-7-12(21)4-5-14(13)29-9-16(28)25-19-17(20(23-2)27(3)26-19)11-6-15(30-10)18(22)24-8-11/h4-8,10H,9H2,1,3H3,(H2,22,24)(H,25,26,28)/t10-/m1/s1. The highest BCUT2D eigenvalue weighted by molar-refractivity contribution is 5.98. The molecule has 4 rings (SSSR count). The molecular formula is C20H17FN6O3. The summed E-state index contributed by atoms with van der Waals surface area (Å²) in [6, 6.07) is 5.55. The Balaban J connectivity index is 1.90. The Morgan fingerprint density at radius 3 is 2.93 bits per heavy atom. The fourth-order valence-corrected chi connectivity index (χ4v) is 3.22. The number of nitrogen functional groups attached to an aromatic ring is 1. The molecule has 152 valence electrons. The normalized spacial score (nSPS) is 15.7. The number of hydrogen-bond donors (Lipinski definition) is 2. The smallest absolute Gasteiger partial charge is 0.263 e. The molecule has 30 heavy (non-hydrogen) atoms. The number of ether oxygens (including phenoxy) is 2. The molecule has 3 heterocycles.